The summed E-state index contributed by atoms with van der Waals surface area (Å²) in [5.41, 5.74) is 8.11. The molecule has 1 aliphatic rings. The van der Waals surface area contributed by atoms with Crippen molar-refractivity contribution in [2.45, 2.75) is 25.7 Å². The van der Waals surface area contributed by atoms with Crippen LogP contribution in [0.5, 0.6) is 0 Å². The van der Waals surface area contributed by atoms with Crippen LogP contribution in [-0.4, -0.2) is 13.1 Å². The summed E-state index contributed by atoms with van der Waals surface area (Å²) in [4.78, 5) is 2.41. The van der Waals surface area contributed by atoms with E-state index in [1.165, 1.54) is 24.9 Å². The van der Waals surface area contributed by atoms with E-state index in [2.05, 4.69) is 33.5 Å². The number of nitrogen functional groups attached to an aromatic ring is 1. The van der Waals surface area contributed by atoms with Gasteiger partial charge in [-0.25, -0.2) is 0 Å². The van der Waals surface area contributed by atoms with Crippen LogP contribution >= 0.6 is 15.9 Å². The summed E-state index contributed by atoms with van der Waals surface area (Å²) in [6, 6.07) is 6.10. The van der Waals surface area contributed by atoms with Gasteiger partial charge in [0.15, 0.2) is 0 Å². The van der Waals surface area contributed by atoms with E-state index in [0.29, 0.717) is 0 Å². The molecule has 2 rings (SSSR count). The SMILES string of the molecule is C=CCCC1CCN(c2cc(Br)ccc2N)CC1. The Hall–Kier alpha value is -0.960. The van der Waals surface area contributed by atoms with Gasteiger partial charge in [0.1, 0.15) is 0 Å². The van der Waals surface area contributed by atoms with Gasteiger partial charge in [-0.1, -0.05) is 22.0 Å². The molecule has 18 heavy (non-hydrogen) atoms. The molecule has 0 radical (unpaired) electrons. The van der Waals surface area contributed by atoms with Crippen molar-refractivity contribution in [2.24, 2.45) is 5.92 Å². The molecule has 0 unspecified atom stereocenters. The lowest BCUT2D eigenvalue weighted by Crippen LogP contribution is -2.34. The summed E-state index contributed by atoms with van der Waals surface area (Å²) in [7, 11) is 0. The Balaban J connectivity index is 1.96. The third-order valence-electron chi connectivity index (χ3n) is 3.73. The van der Waals surface area contributed by atoms with E-state index in [0.717, 1.165) is 35.6 Å². The van der Waals surface area contributed by atoms with Crippen molar-refractivity contribution < 1.29 is 0 Å². The van der Waals surface area contributed by atoms with Crippen LogP contribution in [0, 0.1) is 5.92 Å². The van der Waals surface area contributed by atoms with Crippen molar-refractivity contribution >= 4 is 27.3 Å². The summed E-state index contributed by atoms with van der Waals surface area (Å²) < 4.78 is 1.10. The lowest BCUT2D eigenvalue weighted by atomic mass is 9.92. The number of rotatable bonds is 4. The highest BCUT2D eigenvalue weighted by molar-refractivity contribution is 9.10. The van der Waals surface area contributed by atoms with Crippen molar-refractivity contribution in [3.05, 3.63) is 35.3 Å². The summed E-state index contributed by atoms with van der Waals surface area (Å²) in [5, 5.41) is 0. The van der Waals surface area contributed by atoms with E-state index in [1.807, 2.05) is 18.2 Å². The Kier molecular flexibility index (Phi) is 4.70. The van der Waals surface area contributed by atoms with E-state index in [4.69, 9.17) is 5.73 Å². The van der Waals surface area contributed by atoms with Crippen LogP contribution in [0.2, 0.25) is 0 Å². The molecule has 3 heteroatoms. The average Bonchev–Trinajstić information content (AvgIpc) is 2.40. The average molecular weight is 309 g/mol. The second-order valence-corrected chi connectivity index (χ2v) is 5.92. The van der Waals surface area contributed by atoms with Crippen LogP contribution in [0.4, 0.5) is 11.4 Å². The van der Waals surface area contributed by atoms with Gasteiger partial charge in [0, 0.05) is 17.6 Å². The monoisotopic (exact) mass is 308 g/mol. The molecule has 98 valence electrons. The molecule has 2 N–H and O–H groups in total. The molecule has 1 saturated heterocycles. The maximum absolute atomic E-state index is 6.06. The number of halogens is 1. The number of hydrogen-bond donors (Lipinski definition) is 1. The van der Waals surface area contributed by atoms with Crippen molar-refractivity contribution in [2.75, 3.05) is 23.7 Å². The van der Waals surface area contributed by atoms with Crippen LogP contribution in [0.15, 0.2) is 35.3 Å². The van der Waals surface area contributed by atoms with Crippen molar-refractivity contribution in [3.8, 4) is 0 Å². The van der Waals surface area contributed by atoms with Crippen molar-refractivity contribution in [1.29, 1.82) is 0 Å². The van der Waals surface area contributed by atoms with Gasteiger partial charge in [-0.3, -0.25) is 0 Å². The highest BCUT2D eigenvalue weighted by atomic mass is 79.9. The minimum absolute atomic E-state index is 0.854. The smallest absolute Gasteiger partial charge is 0.0611 e. The van der Waals surface area contributed by atoms with Gasteiger partial charge < -0.3 is 10.6 Å². The quantitative estimate of drug-likeness (QED) is 0.667. The minimum Gasteiger partial charge on any atom is -0.397 e. The first-order chi connectivity index (χ1) is 8.70. The number of anilines is 2. The van der Waals surface area contributed by atoms with Gasteiger partial charge in [-0.2, -0.15) is 0 Å². The maximum Gasteiger partial charge on any atom is 0.0611 e. The third-order valence-corrected chi connectivity index (χ3v) is 4.22. The van der Waals surface area contributed by atoms with Crippen LogP contribution in [0.1, 0.15) is 25.7 Å². The molecule has 0 atom stereocenters. The van der Waals surface area contributed by atoms with Gasteiger partial charge in [0.05, 0.1) is 11.4 Å². The topological polar surface area (TPSA) is 29.3 Å². The number of allylic oxidation sites excluding steroid dienone is 1. The third kappa shape index (κ3) is 3.29. The normalized spacial score (nSPS) is 16.8. The molecule has 0 spiro atoms. The van der Waals surface area contributed by atoms with Crippen molar-refractivity contribution in [3.63, 3.8) is 0 Å². The number of hydrogen-bond acceptors (Lipinski definition) is 2. The number of nitrogens with two attached hydrogens (primary N) is 1. The van der Waals surface area contributed by atoms with Gasteiger partial charge in [-0.15, -0.1) is 6.58 Å². The van der Waals surface area contributed by atoms with Crippen LogP contribution in [0.25, 0.3) is 0 Å². The lowest BCUT2D eigenvalue weighted by molar-refractivity contribution is 0.384. The van der Waals surface area contributed by atoms with Gasteiger partial charge >= 0.3 is 0 Å². The van der Waals surface area contributed by atoms with Crippen LogP contribution in [0.3, 0.4) is 0 Å². The second-order valence-electron chi connectivity index (χ2n) is 5.00. The predicted molar refractivity (Wildman–Crippen MR) is 82.9 cm³/mol. The summed E-state index contributed by atoms with van der Waals surface area (Å²) in [5.74, 6) is 0.854. The second kappa shape index (κ2) is 6.28. The molecule has 0 aliphatic carbocycles. The highest BCUT2D eigenvalue weighted by Crippen LogP contribution is 2.31. The molecule has 0 aromatic heterocycles. The molecular weight excluding hydrogens is 288 g/mol. The van der Waals surface area contributed by atoms with Gasteiger partial charge in [-0.05, 0) is 49.8 Å². The fraction of sp³-hybridized carbons (Fsp3) is 0.467. The molecule has 0 bridgehead atoms. The van der Waals surface area contributed by atoms with E-state index in [9.17, 15) is 0 Å². The maximum atomic E-state index is 6.06. The number of piperidine rings is 1. The summed E-state index contributed by atoms with van der Waals surface area (Å²) in [6.45, 7) is 6.02. The Morgan fingerprint density at radius 1 is 1.39 bits per heavy atom. The zero-order valence-electron chi connectivity index (χ0n) is 10.7. The molecule has 1 aromatic carbocycles. The van der Waals surface area contributed by atoms with Crippen molar-refractivity contribution in [1.82, 2.24) is 0 Å². The summed E-state index contributed by atoms with van der Waals surface area (Å²) >= 11 is 3.52. The fourth-order valence-electron chi connectivity index (χ4n) is 2.61. The molecule has 1 aliphatic heterocycles. The largest absolute Gasteiger partial charge is 0.397 e. The molecule has 0 amide bonds. The van der Waals surface area contributed by atoms with Gasteiger partial charge in [0.25, 0.3) is 0 Å². The van der Waals surface area contributed by atoms with E-state index >= 15 is 0 Å². The number of benzene rings is 1. The lowest BCUT2D eigenvalue weighted by Gasteiger charge is -2.34. The first kappa shape index (κ1) is 13.5. The molecule has 0 saturated carbocycles. The molecule has 2 nitrogen and oxygen atoms in total. The standard InChI is InChI=1S/C15H21BrN2/c1-2-3-4-12-7-9-18(10-8-12)15-11-13(16)5-6-14(15)17/h2,5-6,11-12H,1,3-4,7-10,17H2. The Morgan fingerprint density at radius 3 is 2.78 bits per heavy atom. The first-order valence-electron chi connectivity index (χ1n) is 6.61. The zero-order chi connectivity index (χ0) is 13.0. The number of nitrogens with zero attached hydrogens (tertiary/aromatic N) is 1. The Labute approximate surface area is 118 Å². The fourth-order valence-corrected chi connectivity index (χ4v) is 2.96. The molecule has 1 heterocycles. The molecule has 1 aromatic rings. The Bertz CT molecular complexity index is 409. The van der Waals surface area contributed by atoms with Gasteiger partial charge in [0.2, 0.25) is 0 Å². The zero-order valence-corrected chi connectivity index (χ0v) is 12.3. The van der Waals surface area contributed by atoms with Crippen LogP contribution < -0.4 is 10.6 Å². The van der Waals surface area contributed by atoms with E-state index in [1.54, 1.807) is 0 Å². The van der Waals surface area contributed by atoms with E-state index in [-0.39, 0.29) is 0 Å². The Morgan fingerprint density at radius 2 is 2.11 bits per heavy atom. The molecular formula is C15H21BrN2. The predicted octanol–water partition coefficient (Wildman–Crippen LogP) is 4.21. The van der Waals surface area contributed by atoms with E-state index < -0.39 is 0 Å². The first-order valence-corrected chi connectivity index (χ1v) is 7.41. The summed E-state index contributed by atoms with van der Waals surface area (Å²) in [6.07, 6.45) is 6.98. The highest BCUT2D eigenvalue weighted by Gasteiger charge is 2.20. The molecule has 1 fully saturated rings. The van der Waals surface area contributed by atoms with Crippen LogP contribution in [-0.2, 0) is 0 Å². The minimum atomic E-state index is 0.854.